The summed E-state index contributed by atoms with van der Waals surface area (Å²) in [4.78, 5) is 28.5. The first-order valence-corrected chi connectivity index (χ1v) is 15.0. The van der Waals surface area contributed by atoms with Gasteiger partial charge in [0.1, 0.15) is 6.04 Å². The van der Waals surface area contributed by atoms with Gasteiger partial charge >= 0.3 is 0 Å². The third-order valence-electron chi connectivity index (χ3n) is 7.74. The van der Waals surface area contributed by atoms with Crippen molar-refractivity contribution in [3.05, 3.63) is 77.1 Å². The highest BCUT2D eigenvalue weighted by molar-refractivity contribution is 7.89. The summed E-state index contributed by atoms with van der Waals surface area (Å²) < 4.78 is 27.6. The molecule has 0 aromatic heterocycles. The first kappa shape index (κ1) is 26.4. The predicted octanol–water partition coefficient (Wildman–Crippen LogP) is 3.53. The number of hydrogen-bond acceptors (Lipinski definition) is 5. The lowest BCUT2D eigenvalue weighted by Crippen LogP contribution is -2.51. The molecule has 9 heteroatoms. The second-order valence-electron chi connectivity index (χ2n) is 10.6. The molecule has 0 unspecified atom stereocenters. The zero-order chi connectivity index (χ0) is 26.7. The minimum atomic E-state index is -4.00. The molecule has 0 bridgehead atoms. The smallest absolute Gasteiger partial charge is 0.264 e. The number of likely N-dealkylation sites (tertiary alicyclic amines) is 1. The third kappa shape index (κ3) is 5.78. The van der Waals surface area contributed by atoms with Crippen molar-refractivity contribution in [2.24, 2.45) is 0 Å². The normalized spacial score (nSPS) is 22.0. The van der Waals surface area contributed by atoms with Crippen LogP contribution in [0.4, 0.5) is 0 Å². The number of carbonyl (C=O) groups is 2. The first-order valence-electron chi connectivity index (χ1n) is 13.5. The van der Waals surface area contributed by atoms with Gasteiger partial charge in [-0.25, -0.2) is 8.42 Å². The summed E-state index contributed by atoms with van der Waals surface area (Å²) in [5.74, 6) is -0.871. The number of nitrogens with one attached hydrogen (secondary N) is 2. The minimum Gasteiger partial charge on any atom is -0.349 e. The Bertz CT molecular complexity index is 1320. The maximum Gasteiger partial charge on any atom is 0.264 e. The van der Waals surface area contributed by atoms with E-state index in [9.17, 15) is 18.0 Å². The second kappa shape index (κ2) is 11.3. The van der Waals surface area contributed by atoms with Gasteiger partial charge in [-0.3, -0.25) is 18.8 Å². The molecule has 0 radical (unpaired) electrons. The summed E-state index contributed by atoms with van der Waals surface area (Å²) in [6, 6.07) is 11.7. The van der Waals surface area contributed by atoms with Crippen LogP contribution in [-0.2, 0) is 32.6 Å². The molecule has 0 saturated carbocycles. The molecule has 2 aromatic carbocycles. The Balaban J connectivity index is 1.28. The predicted molar refractivity (Wildman–Crippen MR) is 145 cm³/mol. The molecule has 2 aromatic rings. The molecule has 1 fully saturated rings. The van der Waals surface area contributed by atoms with E-state index in [2.05, 4.69) is 33.7 Å². The van der Waals surface area contributed by atoms with Gasteiger partial charge in [-0.2, -0.15) is 0 Å². The molecule has 202 valence electrons. The Morgan fingerprint density at radius 2 is 1.82 bits per heavy atom. The van der Waals surface area contributed by atoms with Crippen molar-refractivity contribution in [1.82, 2.24) is 19.8 Å². The third-order valence-corrected chi connectivity index (χ3v) is 9.54. The quantitative estimate of drug-likeness (QED) is 0.564. The number of rotatable bonds is 7. The Kier molecular flexibility index (Phi) is 7.85. The Labute approximate surface area is 225 Å². The SMILES string of the molecule is Cc1ccc(S(=O)(=O)N2C=CNC(=O)[C@H]2CC(=O)N[C@@H]2CCCc3cc(CN4CCCCC4)ccc32)cc1. The topological polar surface area (TPSA) is 98.8 Å². The molecular formula is C29H36N4O4S. The largest absolute Gasteiger partial charge is 0.349 e. The highest BCUT2D eigenvalue weighted by atomic mass is 32.2. The molecule has 1 saturated heterocycles. The summed E-state index contributed by atoms with van der Waals surface area (Å²) >= 11 is 0. The monoisotopic (exact) mass is 536 g/mol. The molecule has 0 spiro atoms. The summed E-state index contributed by atoms with van der Waals surface area (Å²) in [6.07, 6.45) is 8.94. The fraction of sp³-hybridized carbons (Fsp3) is 0.448. The van der Waals surface area contributed by atoms with Crippen molar-refractivity contribution in [3.63, 3.8) is 0 Å². The average Bonchev–Trinajstić information content (AvgIpc) is 2.90. The molecule has 2 heterocycles. The molecule has 2 atom stereocenters. The van der Waals surface area contributed by atoms with Crippen LogP contribution in [-0.4, -0.2) is 48.6 Å². The fourth-order valence-corrected chi connectivity index (χ4v) is 7.14. The second-order valence-corrected chi connectivity index (χ2v) is 12.4. The van der Waals surface area contributed by atoms with Gasteiger partial charge in [0.15, 0.2) is 0 Å². The highest BCUT2D eigenvalue weighted by Gasteiger charge is 2.37. The number of aryl methyl sites for hydroxylation is 2. The van der Waals surface area contributed by atoms with Crippen LogP contribution >= 0.6 is 0 Å². The van der Waals surface area contributed by atoms with E-state index in [1.165, 1.54) is 54.9 Å². The van der Waals surface area contributed by atoms with Gasteiger partial charge in [-0.05, 0) is 80.9 Å². The Morgan fingerprint density at radius 3 is 2.58 bits per heavy atom. The van der Waals surface area contributed by atoms with Crippen LogP contribution in [0.15, 0.2) is 59.8 Å². The molecule has 8 nitrogen and oxygen atoms in total. The van der Waals surface area contributed by atoms with Crippen molar-refractivity contribution in [1.29, 1.82) is 0 Å². The molecule has 1 aliphatic carbocycles. The van der Waals surface area contributed by atoms with E-state index >= 15 is 0 Å². The summed E-state index contributed by atoms with van der Waals surface area (Å²) in [5, 5.41) is 5.64. The Hall–Kier alpha value is -3.17. The summed E-state index contributed by atoms with van der Waals surface area (Å²) in [6.45, 7) is 5.13. The van der Waals surface area contributed by atoms with E-state index in [4.69, 9.17) is 0 Å². The van der Waals surface area contributed by atoms with Gasteiger partial charge in [-0.1, -0.05) is 42.3 Å². The number of fused-ring (bicyclic) bond motifs is 1. The van der Waals surface area contributed by atoms with E-state index in [0.29, 0.717) is 0 Å². The van der Waals surface area contributed by atoms with Gasteiger partial charge in [0.2, 0.25) is 11.8 Å². The van der Waals surface area contributed by atoms with Gasteiger partial charge in [0, 0.05) is 18.9 Å². The average molecular weight is 537 g/mol. The van der Waals surface area contributed by atoms with E-state index in [0.717, 1.165) is 54.3 Å². The Morgan fingerprint density at radius 1 is 1.05 bits per heavy atom. The number of benzene rings is 2. The fourth-order valence-electron chi connectivity index (χ4n) is 5.69. The zero-order valence-electron chi connectivity index (χ0n) is 21.9. The van der Waals surface area contributed by atoms with Crippen molar-refractivity contribution < 1.29 is 18.0 Å². The maximum atomic E-state index is 13.3. The van der Waals surface area contributed by atoms with E-state index in [1.54, 1.807) is 12.1 Å². The van der Waals surface area contributed by atoms with Crippen LogP contribution < -0.4 is 10.6 Å². The van der Waals surface area contributed by atoms with Gasteiger partial charge in [0.25, 0.3) is 10.0 Å². The van der Waals surface area contributed by atoms with Crippen LogP contribution in [0.25, 0.3) is 0 Å². The zero-order valence-corrected chi connectivity index (χ0v) is 22.7. The molecule has 3 aliphatic rings. The number of nitrogens with zero attached hydrogens (tertiary/aromatic N) is 2. The van der Waals surface area contributed by atoms with Crippen LogP contribution in [0.3, 0.4) is 0 Å². The van der Waals surface area contributed by atoms with Gasteiger partial charge in [-0.15, -0.1) is 0 Å². The lowest BCUT2D eigenvalue weighted by molar-refractivity contribution is -0.129. The maximum absolute atomic E-state index is 13.3. The van der Waals surface area contributed by atoms with E-state index < -0.39 is 22.0 Å². The first-order chi connectivity index (χ1) is 18.3. The summed E-state index contributed by atoms with van der Waals surface area (Å²) in [5.41, 5.74) is 4.61. The number of hydrogen-bond donors (Lipinski definition) is 2. The van der Waals surface area contributed by atoms with Crippen molar-refractivity contribution in [3.8, 4) is 0 Å². The van der Waals surface area contributed by atoms with Crippen LogP contribution in [0.1, 0.15) is 66.8 Å². The molecule has 2 aliphatic heterocycles. The summed E-state index contributed by atoms with van der Waals surface area (Å²) in [7, 11) is -4.00. The number of carbonyl (C=O) groups excluding carboxylic acids is 2. The van der Waals surface area contributed by atoms with Crippen molar-refractivity contribution in [2.45, 2.75) is 75.4 Å². The standard InChI is InChI=1S/C29H36N4O4S/c1-21-8-11-24(12-9-21)38(36,37)33-17-14-30-29(35)27(33)19-28(34)31-26-7-5-6-23-18-22(10-13-25(23)26)20-32-15-3-2-4-16-32/h8-14,17-18,26-27H,2-7,15-16,19-20H2,1H3,(H,30,35)(H,31,34)/t26-,27-/m1/s1. The van der Waals surface area contributed by atoms with E-state index in [1.807, 2.05) is 6.92 Å². The van der Waals surface area contributed by atoms with Crippen LogP contribution in [0.5, 0.6) is 0 Å². The highest BCUT2D eigenvalue weighted by Crippen LogP contribution is 2.31. The molecule has 2 N–H and O–H groups in total. The number of amides is 2. The van der Waals surface area contributed by atoms with Crippen molar-refractivity contribution >= 4 is 21.8 Å². The van der Waals surface area contributed by atoms with Gasteiger partial charge in [0.05, 0.1) is 17.4 Å². The molecule has 5 rings (SSSR count). The van der Waals surface area contributed by atoms with E-state index in [-0.39, 0.29) is 23.3 Å². The molecule has 2 amide bonds. The lowest BCUT2D eigenvalue weighted by atomic mass is 9.86. The van der Waals surface area contributed by atoms with Crippen molar-refractivity contribution in [2.75, 3.05) is 13.1 Å². The molecule has 38 heavy (non-hydrogen) atoms. The minimum absolute atomic E-state index is 0.0782. The number of sulfonamides is 1. The lowest BCUT2D eigenvalue weighted by Gasteiger charge is -2.32. The molecular weight excluding hydrogens is 500 g/mol. The van der Waals surface area contributed by atoms with Gasteiger partial charge < -0.3 is 10.6 Å². The van der Waals surface area contributed by atoms with Crippen LogP contribution in [0, 0.1) is 6.92 Å². The number of piperidine rings is 1. The van der Waals surface area contributed by atoms with Crippen LogP contribution in [0.2, 0.25) is 0 Å².